The van der Waals surface area contributed by atoms with E-state index in [0.717, 1.165) is 5.56 Å². The summed E-state index contributed by atoms with van der Waals surface area (Å²) in [5.41, 5.74) is 9.41. The molecule has 0 fully saturated rings. The first-order chi connectivity index (χ1) is 17.4. The number of nitrogens with two attached hydrogens (primary N) is 1. The fourth-order valence-corrected chi connectivity index (χ4v) is 5.65. The van der Waals surface area contributed by atoms with Gasteiger partial charge in [-0.25, -0.2) is 9.18 Å². The standard InChI is InChI=1S/C30H48FN3O3Si/c1-29(2,3)26(33-28(35)36)17-13-16-25(37-38(8,9)30(4,5)6)23-18-22(31)19-24(27(23)32)34(7)20-21-14-11-10-12-15-21/h10-12,14-15,18-19,25-26,33H,13,16-17,20,32H2,1-9H3,(H,35,36). The van der Waals surface area contributed by atoms with Crippen molar-refractivity contribution in [3.05, 3.63) is 59.4 Å². The van der Waals surface area contributed by atoms with Gasteiger partial charge in [0.15, 0.2) is 8.32 Å². The van der Waals surface area contributed by atoms with Gasteiger partial charge in [0.05, 0.1) is 17.5 Å². The number of anilines is 2. The summed E-state index contributed by atoms with van der Waals surface area (Å²) >= 11 is 0. The van der Waals surface area contributed by atoms with E-state index in [1.807, 2.05) is 63.1 Å². The highest BCUT2D eigenvalue weighted by Crippen LogP contribution is 2.43. The first kappa shape index (κ1) is 31.6. The molecule has 1 amide bonds. The number of carboxylic acid groups (broad SMARTS) is 1. The highest BCUT2D eigenvalue weighted by molar-refractivity contribution is 6.74. The smallest absolute Gasteiger partial charge is 0.404 e. The molecular weight excluding hydrogens is 497 g/mol. The summed E-state index contributed by atoms with van der Waals surface area (Å²) in [6, 6.07) is 12.8. The van der Waals surface area contributed by atoms with Crippen LogP contribution in [0.1, 0.15) is 78.0 Å². The Morgan fingerprint density at radius 2 is 1.71 bits per heavy atom. The summed E-state index contributed by atoms with van der Waals surface area (Å²) in [6.07, 6.45) is 0.520. The maximum atomic E-state index is 15.1. The molecule has 0 aliphatic rings. The molecule has 2 atom stereocenters. The van der Waals surface area contributed by atoms with E-state index >= 15 is 4.39 Å². The lowest BCUT2D eigenvalue weighted by atomic mass is 9.83. The minimum atomic E-state index is -2.24. The Kier molecular flexibility index (Phi) is 10.4. The predicted octanol–water partition coefficient (Wildman–Crippen LogP) is 7.96. The van der Waals surface area contributed by atoms with E-state index in [1.165, 1.54) is 12.1 Å². The van der Waals surface area contributed by atoms with Gasteiger partial charge in [0.25, 0.3) is 0 Å². The van der Waals surface area contributed by atoms with Gasteiger partial charge in [0.2, 0.25) is 0 Å². The minimum absolute atomic E-state index is 0.0426. The van der Waals surface area contributed by atoms with Crippen molar-refractivity contribution in [2.75, 3.05) is 17.7 Å². The molecular formula is C30H48FN3O3Si. The Morgan fingerprint density at radius 3 is 2.24 bits per heavy atom. The fourth-order valence-electron chi connectivity index (χ4n) is 4.34. The number of nitrogens with zero attached hydrogens (tertiary/aromatic N) is 1. The average Bonchev–Trinajstić information content (AvgIpc) is 2.78. The lowest BCUT2D eigenvalue weighted by Crippen LogP contribution is -2.43. The summed E-state index contributed by atoms with van der Waals surface area (Å²) in [6.45, 7) is 17.6. The van der Waals surface area contributed by atoms with E-state index in [1.54, 1.807) is 0 Å². The van der Waals surface area contributed by atoms with Gasteiger partial charge in [-0.3, -0.25) is 0 Å². The molecule has 0 saturated heterocycles. The van der Waals surface area contributed by atoms with Crippen LogP contribution >= 0.6 is 0 Å². The molecule has 212 valence electrons. The molecule has 2 rings (SSSR count). The van der Waals surface area contributed by atoms with Crippen LogP contribution in [0.2, 0.25) is 18.1 Å². The Labute approximate surface area is 229 Å². The SMILES string of the molecule is CN(Cc1ccccc1)c1cc(F)cc(C(CCCC(NC(=O)O)C(C)(C)C)O[Si](C)(C)C(C)(C)C)c1N. The molecule has 0 aliphatic heterocycles. The first-order valence-corrected chi connectivity index (χ1v) is 16.3. The van der Waals surface area contributed by atoms with Crippen LogP contribution in [0.15, 0.2) is 42.5 Å². The van der Waals surface area contributed by atoms with Gasteiger partial charge < -0.3 is 25.5 Å². The number of rotatable bonds is 11. The maximum Gasteiger partial charge on any atom is 0.404 e. The molecule has 6 nitrogen and oxygen atoms in total. The monoisotopic (exact) mass is 545 g/mol. The molecule has 0 saturated carbocycles. The first-order valence-electron chi connectivity index (χ1n) is 13.4. The molecule has 0 aromatic heterocycles. The third kappa shape index (κ3) is 8.73. The second-order valence-corrected chi connectivity index (χ2v) is 17.7. The molecule has 38 heavy (non-hydrogen) atoms. The van der Waals surface area contributed by atoms with Crippen molar-refractivity contribution in [1.29, 1.82) is 0 Å². The number of amides is 1. The lowest BCUT2D eigenvalue weighted by molar-refractivity contribution is 0.155. The molecule has 8 heteroatoms. The number of nitrogens with one attached hydrogen (secondary N) is 1. The minimum Gasteiger partial charge on any atom is -0.465 e. The Balaban J connectivity index is 2.41. The number of carbonyl (C=O) groups is 1. The maximum absolute atomic E-state index is 15.1. The molecule has 2 aromatic rings. The van der Waals surface area contributed by atoms with Gasteiger partial charge in [-0.15, -0.1) is 0 Å². The lowest BCUT2D eigenvalue weighted by Gasteiger charge is -2.40. The van der Waals surface area contributed by atoms with Gasteiger partial charge >= 0.3 is 6.09 Å². The van der Waals surface area contributed by atoms with Crippen molar-refractivity contribution < 1.29 is 18.7 Å². The zero-order chi connectivity index (χ0) is 28.9. The normalized spacial score (nSPS) is 14.2. The van der Waals surface area contributed by atoms with Gasteiger partial charge in [-0.1, -0.05) is 71.9 Å². The van der Waals surface area contributed by atoms with Crippen LogP contribution in [0.5, 0.6) is 0 Å². The van der Waals surface area contributed by atoms with Crippen molar-refractivity contribution in [1.82, 2.24) is 5.32 Å². The molecule has 0 heterocycles. The topological polar surface area (TPSA) is 87.8 Å². The molecule has 0 spiro atoms. The summed E-state index contributed by atoms with van der Waals surface area (Å²) in [5.74, 6) is -0.354. The van der Waals surface area contributed by atoms with E-state index in [2.05, 4.69) is 39.2 Å². The average molecular weight is 546 g/mol. The van der Waals surface area contributed by atoms with Crippen LogP contribution in [0.3, 0.4) is 0 Å². The Morgan fingerprint density at radius 1 is 1.11 bits per heavy atom. The second kappa shape index (κ2) is 12.5. The summed E-state index contributed by atoms with van der Waals surface area (Å²) in [7, 11) is -0.324. The quantitative estimate of drug-likeness (QED) is 0.197. The van der Waals surface area contributed by atoms with Crippen LogP contribution in [0.25, 0.3) is 0 Å². The van der Waals surface area contributed by atoms with Crippen LogP contribution in [-0.4, -0.2) is 32.6 Å². The zero-order valence-corrected chi connectivity index (χ0v) is 25.7. The van der Waals surface area contributed by atoms with Gasteiger partial charge in [0.1, 0.15) is 5.82 Å². The van der Waals surface area contributed by atoms with Crippen molar-refractivity contribution in [2.24, 2.45) is 5.41 Å². The predicted molar refractivity (Wildman–Crippen MR) is 159 cm³/mol. The third-order valence-corrected chi connectivity index (χ3v) is 12.2. The van der Waals surface area contributed by atoms with Crippen molar-refractivity contribution >= 4 is 25.8 Å². The highest BCUT2D eigenvalue weighted by atomic mass is 28.4. The molecule has 0 radical (unpaired) electrons. The van der Waals surface area contributed by atoms with Crippen LogP contribution in [0, 0.1) is 11.2 Å². The summed E-state index contributed by atoms with van der Waals surface area (Å²) < 4.78 is 21.9. The van der Waals surface area contributed by atoms with Gasteiger partial charge in [-0.05, 0) is 60.5 Å². The van der Waals surface area contributed by atoms with E-state index in [-0.39, 0.29) is 22.3 Å². The largest absolute Gasteiger partial charge is 0.465 e. The van der Waals surface area contributed by atoms with Crippen LogP contribution < -0.4 is 16.0 Å². The summed E-state index contributed by atoms with van der Waals surface area (Å²) in [5, 5.41) is 12.0. The fraction of sp³-hybridized carbons (Fsp3) is 0.567. The number of hydrogen-bond donors (Lipinski definition) is 3. The molecule has 2 unspecified atom stereocenters. The summed E-state index contributed by atoms with van der Waals surface area (Å²) in [4.78, 5) is 13.4. The highest BCUT2D eigenvalue weighted by Gasteiger charge is 2.40. The molecule has 2 aromatic carbocycles. The van der Waals surface area contributed by atoms with E-state index in [9.17, 15) is 9.90 Å². The number of halogens is 1. The van der Waals surface area contributed by atoms with E-state index in [0.29, 0.717) is 42.7 Å². The van der Waals surface area contributed by atoms with Crippen molar-refractivity contribution in [2.45, 2.75) is 97.6 Å². The van der Waals surface area contributed by atoms with E-state index in [4.69, 9.17) is 10.2 Å². The third-order valence-electron chi connectivity index (χ3n) is 7.72. The zero-order valence-electron chi connectivity index (χ0n) is 24.7. The Bertz CT molecular complexity index is 1060. The number of hydrogen-bond acceptors (Lipinski definition) is 4. The Hall–Kier alpha value is -2.58. The second-order valence-electron chi connectivity index (χ2n) is 12.9. The van der Waals surface area contributed by atoms with Gasteiger partial charge in [-0.2, -0.15) is 0 Å². The van der Waals surface area contributed by atoms with Crippen LogP contribution in [-0.2, 0) is 11.0 Å². The molecule has 4 N–H and O–H groups in total. The van der Waals surface area contributed by atoms with Crippen molar-refractivity contribution in [3.63, 3.8) is 0 Å². The van der Waals surface area contributed by atoms with Gasteiger partial charge in [0, 0.05) is 25.2 Å². The molecule has 0 bridgehead atoms. The number of nitrogen functional groups attached to an aromatic ring is 1. The van der Waals surface area contributed by atoms with Crippen molar-refractivity contribution in [3.8, 4) is 0 Å². The van der Waals surface area contributed by atoms with Crippen LogP contribution in [0.4, 0.5) is 20.6 Å². The molecule has 0 aliphatic carbocycles. The van der Waals surface area contributed by atoms with E-state index < -0.39 is 20.5 Å². The number of benzene rings is 2.